The standard InChI is InChI=1S/C14H16O2/c1-3-4-5-11-9-14(15)16-13-7-6-10(2)8-12(11)13/h6-9H,3-5H2,1-2H3. The van der Waals surface area contributed by atoms with Crippen LogP contribution in [0.25, 0.3) is 11.0 Å². The molecule has 16 heavy (non-hydrogen) atoms. The molecular weight excluding hydrogens is 200 g/mol. The highest BCUT2D eigenvalue weighted by atomic mass is 16.4. The van der Waals surface area contributed by atoms with E-state index < -0.39 is 0 Å². The molecule has 0 aliphatic rings. The van der Waals surface area contributed by atoms with Crippen LogP contribution in [0.5, 0.6) is 0 Å². The van der Waals surface area contributed by atoms with Crippen molar-refractivity contribution in [3.05, 3.63) is 45.8 Å². The summed E-state index contributed by atoms with van der Waals surface area (Å²) in [7, 11) is 0. The van der Waals surface area contributed by atoms with E-state index in [1.165, 1.54) is 5.56 Å². The first-order chi connectivity index (χ1) is 7.70. The molecule has 0 aliphatic carbocycles. The Kier molecular flexibility index (Phi) is 3.09. The van der Waals surface area contributed by atoms with Crippen molar-refractivity contribution in [3.63, 3.8) is 0 Å². The van der Waals surface area contributed by atoms with Crippen molar-refractivity contribution in [1.29, 1.82) is 0 Å². The zero-order valence-corrected chi connectivity index (χ0v) is 9.75. The van der Waals surface area contributed by atoms with Crippen LogP contribution in [0.15, 0.2) is 33.5 Å². The Hall–Kier alpha value is -1.57. The molecule has 0 N–H and O–H groups in total. The van der Waals surface area contributed by atoms with Gasteiger partial charge in [0.15, 0.2) is 0 Å². The first-order valence-corrected chi connectivity index (χ1v) is 5.74. The lowest BCUT2D eigenvalue weighted by Gasteiger charge is -2.05. The molecule has 0 fully saturated rings. The molecule has 0 saturated heterocycles. The summed E-state index contributed by atoms with van der Waals surface area (Å²) in [5.41, 5.74) is 2.75. The second-order valence-electron chi connectivity index (χ2n) is 4.19. The van der Waals surface area contributed by atoms with E-state index in [2.05, 4.69) is 13.0 Å². The van der Waals surface area contributed by atoms with Gasteiger partial charge >= 0.3 is 5.63 Å². The Morgan fingerprint density at radius 1 is 1.25 bits per heavy atom. The second kappa shape index (κ2) is 4.52. The summed E-state index contributed by atoms with van der Waals surface area (Å²) in [5, 5.41) is 1.08. The smallest absolute Gasteiger partial charge is 0.336 e. The van der Waals surface area contributed by atoms with E-state index in [4.69, 9.17) is 4.42 Å². The monoisotopic (exact) mass is 216 g/mol. The fraction of sp³-hybridized carbons (Fsp3) is 0.357. The van der Waals surface area contributed by atoms with Gasteiger partial charge in [0.2, 0.25) is 0 Å². The van der Waals surface area contributed by atoms with Crippen LogP contribution in [-0.2, 0) is 6.42 Å². The van der Waals surface area contributed by atoms with Gasteiger partial charge in [0.1, 0.15) is 5.58 Å². The molecular formula is C14H16O2. The predicted molar refractivity (Wildman–Crippen MR) is 65.8 cm³/mol. The lowest BCUT2D eigenvalue weighted by Crippen LogP contribution is -2.00. The number of rotatable bonds is 3. The average molecular weight is 216 g/mol. The molecule has 0 bridgehead atoms. The molecule has 0 saturated carbocycles. The van der Waals surface area contributed by atoms with Crippen molar-refractivity contribution in [2.45, 2.75) is 33.1 Å². The van der Waals surface area contributed by atoms with Gasteiger partial charge in [-0.15, -0.1) is 0 Å². The van der Waals surface area contributed by atoms with Gasteiger partial charge in [-0.25, -0.2) is 4.79 Å². The summed E-state index contributed by atoms with van der Waals surface area (Å²) in [6.45, 7) is 4.20. The predicted octanol–water partition coefficient (Wildman–Crippen LogP) is 3.44. The van der Waals surface area contributed by atoms with Crippen LogP contribution in [0, 0.1) is 6.92 Å². The van der Waals surface area contributed by atoms with Crippen molar-refractivity contribution in [3.8, 4) is 0 Å². The largest absolute Gasteiger partial charge is 0.423 e. The van der Waals surface area contributed by atoms with E-state index in [0.717, 1.165) is 30.2 Å². The van der Waals surface area contributed by atoms with Crippen molar-refractivity contribution >= 4 is 11.0 Å². The number of aryl methyl sites for hydroxylation is 2. The summed E-state index contributed by atoms with van der Waals surface area (Å²) in [4.78, 5) is 11.4. The molecule has 1 aromatic heterocycles. The van der Waals surface area contributed by atoms with Crippen LogP contribution < -0.4 is 5.63 Å². The normalized spacial score (nSPS) is 10.9. The summed E-state index contributed by atoms with van der Waals surface area (Å²) in [5.74, 6) is 0. The molecule has 0 atom stereocenters. The van der Waals surface area contributed by atoms with Crippen LogP contribution in [0.4, 0.5) is 0 Å². The van der Waals surface area contributed by atoms with Gasteiger partial charge in [-0.2, -0.15) is 0 Å². The Balaban J connectivity index is 2.60. The quantitative estimate of drug-likeness (QED) is 0.736. The summed E-state index contributed by atoms with van der Waals surface area (Å²) in [6.07, 6.45) is 3.18. The molecule has 2 rings (SSSR count). The van der Waals surface area contributed by atoms with Crippen molar-refractivity contribution in [2.24, 2.45) is 0 Å². The van der Waals surface area contributed by atoms with E-state index in [1.54, 1.807) is 6.07 Å². The lowest BCUT2D eigenvalue weighted by atomic mass is 10.0. The van der Waals surface area contributed by atoms with Crippen molar-refractivity contribution < 1.29 is 4.42 Å². The minimum atomic E-state index is -0.248. The Morgan fingerprint density at radius 3 is 2.81 bits per heavy atom. The number of hydrogen-bond donors (Lipinski definition) is 0. The molecule has 1 heterocycles. The third kappa shape index (κ3) is 2.16. The van der Waals surface area contributed by atoms with Crippen LogP contribution in [0.3, 0.4) is 0 Å². The SMILES string of the molecule is CCCCc1cc(=O)oc2ccc(C)cc12. The minimum Gasteiger partial charge on any atom is -0.423 e. The summed E-state index contributed by atoms with van der Waals surface area (Å²) >= 11 is 0. The average Bonchev–Trinajstić information content (AvgIpc) is 2.26. The minimum absolute atomic E-state index is 0.248. The highest BCUT2D eigenvalue weighted by molar-refractivity contribution is 5.80. The Bertz CT molecular complexity index is 552. The van der Waals surface area contributed by atoms with E-state index in [-0.39, 0.29) is 5.63 Å². The van der Waals surface area contributed by atoms with Crippen LogP contribution in [0.1, 0.15) is 30.9 Å². The second-order valence-corrected chi connectivity index (χ2v) is 4.19. The van der Waals surface area contributed by atoms with Gasteiger partial charge in [0, 0.05) is 11.5 Å². The Labute approximate surface area is 94.9 Å². The maximum atomic E-state index is 11.4. The topological polar surface area (TPSA) is 30.2 Å². The highest BCUT2D eigenvalue weighted by Gasteiger charge is 2.05. The Morgan fingerprint density at radius 2 is 2.06 bits per heavy atom. The van der Waals surface area contributed by atoms with E-state index in [9.17, 15) is 4.79 Å². The first-order valence-electron chi connectivity index (χ1n) is 5.74. The van der Waals surface area contributed by atoms with Crippen LogP contribution in [0.2, 0.25) is 0 Å². The van der Waals surface area contributed by atoms with Gasteiger partial charge in [-0.05, 0) is 37.5 Å². The van der Waals surface area contributed by atoms with E-state index >= 15 is 0 Å². The third-order valence-corrected chi connectivity index (χ3v) is 2.78. The molecule has 0 amide bonds. The zero-order valence-electron chi connectivity index (χ0n) is 9.75. The molecule has 2 nitrogen and oxygen atoms in total. The molecule has 84 valence electrons. The summed E-state index contributed by atoms with van der Waals surface area (Å²) in [6, 6.07) is 7.55. The van der Waals surface area contributed by atoms with Gasteiger partial charge in [-0.3, -0.25) is 0 Å². The molecule has 2 aromatic rings. The molecule has 1 aromatic carbocycles. The van der Waals surface area contributed by atoms with Crippen molar-refractivity contribution in [1.82, 2.24) is 0 Å². The number of unbranched alkanes of at least 4 members (excludes halogenated alkanes) is 1. The fourth-order valence-electron chi connectivity index (χ4n) is 1.92. The zero-order chi connectivity index (χ0) is 11.5. The molecule has 0 spiro atoms. The molecule has 0 radical (unpaired) electrons. The van der Waals surface area contributed by atoms with Crippen LogP contribution in [-0.4, -0.2) is 0 Å². The number of hydrogen-bond acceptors (Lipinski definition) is 2. The molecule has 0 unspecified atom stereocenters. The third-order valence-electron chi connectivity index (χ3n) is 2.78. The van der Waals surface area contributed by atoms with Crippen molar-refractivity contribution in [2.75, 3.05) is 0 Å². The number of benzene rings is 1. The molecule has 0 aliphatic heterocycles. The maximum Gasteiger partial charge on any atom is 0.336 e. The first kappa shape index (κ1) is 10.9. The number of fused-ring (bicyclic) bond motifs is 1. The van der Waals surface area contributed by atoms with Gasteiger partial charge in [0.25, 0.3) is 0 Å². The van der Waals surface area contributed by atoms with Crippen LogP contribution >= 0.6 is 0 Å². The maximum absolute atomic E-state index is 11.4. The summed E-state index contributed by atoms with van der Waals surface area (Å²) < 4.78 is 5.18. The highest BCUT2D eigenvalue weighted by Crippen LogP contribution is 2.20. The van der Waals surface area contributed by atoms with E-state index in [0.29, 0.717) is 5.58 Å². The van der Waals surface area contributed by atoms with E-state index in [1.807, 2.05) is 19.1 Å². The fourth-order valence-corrected chi connectivity index (χ4v) is 1.92. The molecule has 2 heteroatoms. The van der Waals surface area contributed by atoms with Gasteiger partial charge in [-0.1, -0.05) is 25.0 Å². The lowest BCUT2D eigenvalue weighted by molar-refractivity contribution is 0.558. The van der Waals surface area contributed by atoms with Gasteiger partial charge < -0.3 is 4.42 Å². The van der Waals surface area contributed by atoms with Gasteiger partial charge in [0.05, 0.1) is 0 Å².